The maximum Gasteiger partial charge on any atom is 0.226 e. The highest BCUT2D eigenvalue weighted by molar-refractivity contribution is 7.80. The fourth-order valence-electron chi connectivity index (χ4n) is 4.91. The fourth-order valence-corrected chi connectivity index (χ4v) is 5.24. The largest absolute Gasteiger partial charge is 0.352 e. The molecule has 4 aromatic rings. The number of halogens is 1. The summed E-state index contributed by atoms with van der Waals surface area (Å²) < 4.78 is 16.2. The highest BCUT2D eigenvalue weighted by Crippen LogP contribution is 2.41. The number of hydrogen-bond donors (Lipinski definition) is 2. The summed E-state index contributed by atoms with van der Waals surface area (Å²) in [6.07, 6.45) is 3.68. The van der Waals surface area contributed by atoms with Gasteiger partial charge in [0.2, 0.25) is 5.91 Å². The van der Waals surface area contributed by atoms with E-state index < -0.39 is 5.82 Å². The number of anilines is 1. The van der Waals surface area contributed by atoms with E-state index in [-0.39, 0.29) is 30.1 Å². The van der Waals surface area contributed by atoms with Crippen LogP contribution in [0.5, 0.6) is 0 Å². The van der Waals surface area contributed by atoms with Crippen LogP contribution in [0.15, 0.2) is 79.1 Å². The van der Waals surface area contributed by atoms with Gasteiger partial charge in [-0.1, -0.05) is 24.3 Å². The number of hydrogen-bond acceptors (Lipinski definition) is 4. The summed E-state index contributed by atoms with van der Waals surface area (Å²) in [5.41, 5.74) is 4.17. The Hall–Kier alpha value is -4.11. The summed E-state index contributed by atoms with van der Waals surface area (Å²) in [7, 11) is 0. The summed E-state index contributed by atoms with van der Waals surface area (Å²) >= 11 is 5.75. The quantitative estimate of drug-likeness (QED) is 0.337. The van der Waals surface area contributed by atoms with Crippen LogP contribution in [-0.2, 0) is 4.79 Å². The van der Waals surface area contributed by atoms with Crippen molar-refractivity contribution in [2.24, 2.45) is 0 Å². The monoisotopic (exact) mass is 514 g/mol. The smallest absolute Gasteiger partial charge is 0.226 e. The first-order valence-electron chi connectivity index (χ1n) is 12.1. The molecular weight excluding hydrogens is 487 g/mol. The van der Waals surface area contributed by atoms with E-state index in [0.29, 0.717) is 11.7 Å². The van der Waals surface area contributed by atoms with E-state index in [1.807, 2.05) is 48.2 Å². The lowest BCUT2D eigenvalue weighted by molar-refractivity contribution is -0.116. The molecule has 2 N–H and O–H groups in total. The number of nitrogens with zero attached hydrogens (tertiary/aromatic N) is 4. The third-order valence-electron chi connectivity index (χ3n) is 6.59. The number of pyridine rings is 2. The normalized spacial score (nSPS) is 17.1. The summed E-state index contributed by atoms with van der Waals surface area (Å²) in [5.74, 6) is 0.0821. The molecule has 0 radical (unpaired) electrons. The van der Waals surface area contributed by atoms with Crippen molar-refractivity contribution < 1.29 is 9.18 Å². The van der Waals surface area contributed by atoms with E-state index in [0.717, 1.165) is 28.5 Å². The summed E-state index contributed by atoms with van der Waals surface area (Å²) in [5, 5.41) is 6.63. The minimum atomic E-state index is -0.468. The van der Waals surface area contributed by atoms with Crippen molar-refractivity contribution in [2.75, 3.05) is 11.9 Å². The molecule has 0 spiro atoms. The number of rotatable bonds is 7. The number of thiocarbonyl (C=S) groups is 1. The zero-order chi connectivity index (χ0) is 25.9. The highest BCUT2D eigenvalue weighted by Gasteiger charge is 2.41. The van der Waals surface area contributed by atoms with Crippen LogP contribution in [0, 0.1) is 19.7 Å². The second-order valence-corrected chi connectivity index (χ2v) is 9.33. The van der Waals surface area contributed by atoms with Gasteiger partial charge >= 0.3 is 0 Å². The molecule has 1 aliphatic rings. The first kappa shape index (κ1) is 24.6. The van der Waals surface area contributed by atoms with Gasteiger partial charge in [-0.25, -0.2) is 9.37 Å². The molecule has 4 heterocycles. The van der Waals surface area contributed by atoms with E-state index in [1.54, 1.807) is 30.6 Å². The number of aromatic nitrogens is 3. The van der Waals surface area contributed by atoms with Gasteiger partial charge in [0.05, 0.1) is 23.5 Å². The molecule has 0 aliphatic carbocycles. The third kappa shape index (κ3) is 4.95. The molecular formula is C28H27FN6OS. The number of amides is 1. The molecule has 1 aliphatic heterocycles. The number of aryl methyl sites for hydroxylation is 1. The lowest BCUT2D eigenvalue weighted by Crippen LogP contribution is -2.33. The summed E-state index contributed by atoms with van der Waals surface area (Å²) in [6.45, 7) is 4.47. The molecule has 1 saturated heterocycles. The van der Waals surface area contributed by atoms with E-state index in [1.165, 1.54) is 6.07 Å². The van der Waals surface area contributed by atoms with E-state index in [4.69, 9.17) is 12.2 Å². The maximum absolute atomic E-state index is 14.0. The first-order valence-corrected chi connectivity index (χ1v) is 12.5. The molecule has 1 amide bonds. The van der Waals surface area contributed by atoms with Gasteiger partial charge in [0, 0.05) is 36.7 Å². The Balaban J connectivity index is 1.47. The Bertz CT molecular complexity index is 1430. The third-order valence-corrected chi connectivity index (χ3v) is 6.95. The predicted molar refractivity (Wildman–Crippen MR) is 145 cm³/mol. The standard InChI is InChI=1S/C28H27FN6OS/c1-18-17-20(19(2)35(18)24-12-6-8-15-31-24)27-26(23-11-5-7-14-30-23)33-28(37)34(27)16-13-25(36)32-22-10-4-3-9-21(22)29/h3-12,14-15,17,26-27H,13,16H2,1-2H3,(H,32,36)(H,33,37). The van der Waals surface area contributed by atoms with Crippen LogP contribution < -0.4 is 10.6 Å². The van der Waals surface area contributed by atoms with Crippen LogP contribution >= 0.6 is 12.2 Å². The van der Waals surface area contributed by atoms with Crippen molar-refractivity contribution in [3.05, 3.63) is 108 Å². The number of carbonyl (C=O) groups excluding carboxylic acids is 1. The Kier molecular flexibility index (Phi) is 6.96. The molecule has 0 bridgehead atoms. The number of para-hydroxylation sites is 1. The van der Waals surface area contributed by atoms with Gasteiger partial charge in [0.15, 0.2) is 5.11 Å². The first-order chi connectivity index (χ1) is 17.9. The average Bonchev–Trinajstić information content (AvgIpc) is 3.39. The van der Waals surface area contributed by atoms with Crippen LogP contribution in [0.25, 0.3) is 5.82 Å². The van der Waals surface area contributed by atoms with Crippen LogP contribution in [0.1, 0.15) is 41.1 Å². The Morgan fingerprint density at radius 2 is 1.78 bits per heavy atom. The van der Waals surface area contributed by atoms with Crippen LogP contribution in [-0.4, -0.2) is 37.0 Å². The highest BCUT2D eigenvalue weighted by atomic mass is 32.1. The van der Waals surface area contributed by atoms with Crippen molar-refractivity contribution in [1.82, 2.24) is 24.8 Å². The topological polar surface area (TPSA) is 75.1 Å². The van der Waals surface area contributed by atoms with E-state index in [2.05, 4.69) is 38.2 Å². The molecule has 1 fully saturated rings. The van der Waals surface area contributed by atoms with E-state index >= 15 is 0 Å². The second-order valence-electron chi connectivity index (χ2n) is 8.95. The number of benzene rings is 1. The van der Waals surface area contributed by atoms with Gasteiger partial charge in [-0.15, -0.1) is 0 Å². The molecule has 0 saturated carbocycles. The number of carbonyl (C=O) groups is 1. The van der Waals surface area contributed by atoms with Crippen LogP contribution in [0.4, 0.5) is 10.1 Å². The summed E-state index contributed by atoms with van der Waals surface area (Å²) in [4.78, 5) is 23.9. The molecule has 37 heavy (non-hydrogen) atoms. The van der Waals surface area contributed by atoms with Gasteiger partial charge in [-0.3, -0.25) is 9.78 Å². The van der Waals surface area contributed by atoms with Crippen molar-refractivity contribution in [3.8, 4) is 5.82 Å². The van der Waals surface area contributed by atoms with Gasteiger partial charge in [-0.2, -0.15) is 0 Å². The van der Waals surface area contributed by atoms with E-state index in [9.17, 15) is 9.18 Å². The molecule has 2 unspecified atom stereocenters. The Labute approximate surface area is 220 Å². The lowest BCUT2D eigenvalue weighted by Gasteiger charge is -2.28. The molecule has 2 atom stereocenters. The molecule has 7 nitrogen and oxygen atoms in total. The second kappa shape index (κ2) is 10.5. The molecule has 1 aromatic carbocycles. The molecule has 188 valence electrons. The Morgan fingerprint density at radius 3 is 2.49 bits per heavy atom. The molecule has 3 aromatic heterocycles. The van der Waals surface area contributed by atoms with Crippen LogP contribution in [0.3, 0.4) is 0 Å². The minimum absolute atomic E-state index is 0.139. The number of nitrogens with one attached hydrogen (secondary N) is 2. The zero-order valence-electron chi connectivity index (χ0n) is 20.6. The Morgan fingerprint density at radius 1 is 1.05 bits per heavy atom. The van der Waals surface area contributed by atoms with Gasteiger partial charge in [-0.05, 0) is 74.1 Å². The van der Waals surface area contributed by atoms with Crippen molar-refractivity contribution in [1.29, 1.82) is 0 Å². The molecule has 9 heteroatoms. The van der Waals surface area contributed by atoms with Crippen LogP contribution in [0.2, 0.25) is 0 Å². The summed E-state index contributed by atoms with van der Waals surface area (Å²) in [6, 6.07) is 19.5. The fraction of sp³-hybridized carbons (Fsp3) is 0.214. The average molecular weight is 515 g/mol. The van der Waals surface area contributed by atoms with Crippen molar-refractivity contribution >= 4 is 28.9 Å². The van der Waals surface area contributed by atoms with Gasteiger partial charge < -0.3 is 20.1 Å². The van der Waals surface area contributed by atoms with Gasteiger partial charge in [0.25, 0.3) is 0 Å². The maximum atomic E-state index is 14.0. The lowest BCUT2D eigenvalue weighted by atomic mass is 9.96. The minimum Gasteiger partial charge on any atom is -0.352 e. The molecule has 5 rings (SSSR count). The van der Waals surface area contributed by atoms with Gasteiger partial charge in [0.1, 0.15) is 11.6 Å². The van der Waals surface area contributed by atoms with Crippen molar-refractivity contribution in [3.63, 3.8) is 0 Å². The van der Waals surface area contributed by atoms with Crippen molar-refractivity contribution in [2.45, 2.75) is 32.4 Å². The predicted octanol–water partition coefficient (Wildman–Crippen LogP) is 5.02. The SMILES string of the molecule is Cc1cc(C2C(c3ccccn3)NC(=S)N2CCC(=O)Nc2ccccc2F)c(C)n1-c1ccccn1. The zero-order valence-corrected chi connectivity index (χ0v) is 21.4.